The van der Waals surface area contributed by atoms with E-state index in [1.165, 1.54) is 0 Å². The van der Waals surface area contributed by atoms with Crippen LogP contribution in [0.15, 0.2) is 0 Å². The van der Waals surface area contributed by atoms with E-state index in [9.17, 15) is 8.78 Å². The Morgan fingerprint density at radius 3 is 1.77 bits per heavy atom. The van der Waals surface area contributed by atoms with Crippen molar-refractivity contribution in [2.45, 2.75) is 58.2 Å². The van der Waals surface area contributed by atoms with Crippen LogP contribution in [0.3, 0.4) is 0 Å². The molecule has 1 fully saturated rings. The molecule has 3 heteroatoms. The Morgan fingerprint density at radius 1 is 1.08 bits per heavy atom. The van der Waals surface area contributed by atoms with Crippen molar-refractivity contribution in [3.8, 4) is 0 Å². The van der Waals surface area contributed by atoms with Gasteiger partial charge in [-0.3, -0.25) is 0 Å². The lowest BCUT2D eigenvalue weighted by Gasteiger charge is -2.50. The molecular weight excluding hydrogens is 174 g/mol. The Bertz CT molecular complexity index is 174. The van der Waals surface area contributed by atoms with Crippen LogP contribution in [0.25, 0.3) is 0 Å². The summed E-state index contributed by atoms with van der Waals surface area (Å²) >= 11 is 0. The molecule has 0 aromatic carbocycles. The lowest BCUT2D eigenvalue weighted by Crippen LogP contribution is -2.57. The van der Waals surface area contributed by atoms with Crippen molar-refractivity contribution in [3.05, 3.63) is 0 Å². The molecule has 0 aromatic rings. The summed E-state index contributed by atoms with van der Waals surface area (Å²) in [7, 11) is 0. The van der Waals surface area contributed by atoms with Crippen LogP contribution in [0.4, 0.5) is 8.78 Å². The van der Waals surface area contributed by atoms with Gasteiger partial charge in [0.2, 0.25) is 0 Å². The lowest BCUT2D eigenvalue weighted by atomic mass is 9.69. The second-order valence-corrected chi connectivity index (χ2v) is 4.60. The molecule has 0 heterocycles. The third-order valence-electron chi connectivity index (χ3n) is 2.64. The molecule has 0 unspecified atom stereocenters. The van der Waals surface area contributed by atoms with Gasteiger partial charge in [-0.15, -0.1) is 0 Å². The maximum absolute atomic E-state index is 12.8. The van der Waals surface area contributed by atoms with Crippen molar-refractivity contribution >= 4 is 0 Å². The monoisotopic (exact) mass is 192 g/mol. The van der Waals surface area contributed by atoms with Crippen LogP contribution < -0.4 is 0 Å². The average Bonchev–Trinajstić information content (AvgIpc) is 1.80. The molecule has 0 spiro atoms. The molecule has 0 atom stereocenters. The van der Waals surface area contributed by atoms with Gasteiger partial charge < -0.3 is 4.74 Å². The van der Waals surface area contributed by atoms with Crippen LogP contribution in [0.5, 0.6) is 0 Å². The van der Waals surface area contributed by atoms with Gasteiger partial charge in [0, 0.05) is 12.8 Å². The van der Waals surface area contributed by atoms with Gasteiger partial charge in [0.05, 0.1) is 11.7 Å². The minimum absolute atomic E-state index is 0.0264. The summed E-state index contributed by atoms with van der Waals surface area (Å²) in [4.78, 5) is 0. The van der Waals surface area contributed by atoms with Crippen LogP contribution in [0.2, 0.25) is 0 Å². The summed E-state index contributed by atoms with van der Waals surface area (Å²) in [6.07, 6.45) is -0.204. The van der Waals surface area contributed by atoms with Crippen LogP contribution in [0, 0.1) is 5.92 Å². The zero-order valence-electron chi connectivity index (χ0n) is 8.73. The van der Waals surface area contributed by atoms with Gasteiger partial charge in [0.15, 0.2) is 0 Å². The number of halogens is 2. The number of ether oxygens (including phenoxy) is 1. The molecule has 0 N–H and O–H groups in total. The highest BCUT2D eigenvalue weighted by molar-refractivity contribution is 5.03. The Balaban J connectivity index is 2.60. The minimum atomic E-state index is -2.50. The second kappa shape index (κ2) is 3.19. The van der Waals surface area contributed by atoms with Crippen LogP contribution in [-0.2, 0) is 4.74 Å². The minimum Gasteiger partial charge on any atom is -0.372 e. The van der Waals surface area contributed by atoms with Gasteiger partial charge in [0.25, 0.3) is 5.92 Å². The van der Waals surface area contributed by atoms with Gasteiger partial charge in [0.1, 0.15) is 0 Å². The summed E-state index contributed by atoms with van der Waals surface area (Å²) in [5, 5.41) is 0. The number of hydrogen-bond acceptors (Lipinski definition) is 1. The average molecular weight is 192 g/mol. The highest BCUT2D eigenvalue weighted by Crippen LogP contribution is 2.52. The van der Waals surface area contributed by atoms with Crippen LogP contribution in [-0.4, -0.2) is 17.6 Å². The number of alkyl halides is 2. The Labute approximate surface area is 78.5 Å². The normalized spacial score (nSPS) is 24.9. The van der Waals surface area contributed by atoms with Gasteiger partial charge in [-0.1, -0.05) is 13.8 Å². The lowest BCUT2D eigenvalue weighted by molar-refractivity contribution is -0.258. The smallest absolute Gasteiger partial charge is 0.253 e. The highest BCUT2D eigenvalue weighted by atomic mass is 19.3. The van der Waals surface area contributed by atoms with E-state index >= 15 is 0 Å². The van der Waals surface area contributed by atoms with Crippen molar-refractivity contribution < 1.29 is 13.5 Å². The summed E-state index contributed by atoms with van der Waals surface area (Å²) in [5.41, 5.74) is -0.572. The van der Waals surface area contributed by atoms with E-state index in [1.54, 1.807) is 0 Å². The van der Waals surface area contributed by atoms with Gasteiger partial charge in [-0.25, -0.2) is 8.78 Å². The molecular formula is C10H18F2O. The first kappa shape index (κ1) is 10.9. The fourth-order valence-corrected chi connectivity index (χ4v) is 1.92. The number of hydrogen-bond donors (Lipinski definition) is 0. The first-order chi connectivity index (χ1) is 5.77. The van der Waals surface area contributed by atoms with Crippen molar-refractivity contribution in [2.75, 3.05) is 0 Å². The zero-order valence-corrected chi connectivity index (χ0v) is 8.73. The standard InChI is InChI=1S/C10H18F2O/c1-7(2)9(13-8(3)4)5-10(11,12)6-9/h7-8H,5-6H2,1-4H3. The first-order valence-corrected chi connectivity index (χ1v) is 4.83. The molecule has 0 aliphatic heterocycles. The Morgan fingerprint density at radius 2 is 1.54 bits per heavy atom. The zero-order chi connectivity index (χ0) is 10.3. The van der Waals surface area contributed by atoms with E-state index in [0.717, 1.165) is 0 Å². The first-order valence-electron chi connectivity index (χ1n) is 4.83. The van der Waals surface area contributed by atoms with Crippen LogP contribution >= 0.6 is 0 Å². The molecule has 13 heavy (non-hydrogen) atoms. The summed E-state index contributed by atoms with van der Waals surface area (Å²) < 4.78 is 31.1. The molecule has 1 saturated carbocycles. The van der Waals surface area contributed by atoms with E-state index < -0.39 is 11.5 Å². The Kier molecular flexibility index (Phi) is 2.68. The molecule has 1 nitrogen and oxygen atoms in total. The molecule has 0 saturated heterocycles. The van der Waals surface area contributed by atoms with Crippen molar-refractivity contribution in [1.82, 2.24) is 0 Å². The van der Waals surface area contributed by atoms with Crippen molar-refractivity contribution in [2.24, 2.45) is 5.92 Å². The van der Waals surface area contributed by atoms with E-state index in [0.29, 0.717) is 0 Å². The third kappa shape index (κ3) is 2.19. The molecule has 0 amide bonds. The van der Waals surface area contributed by atoms with E-state index in [1.807, 2.05) is 27.7 Å². The largest absolute Gasteiger partial charge is 0.372 e. The topological polar surface area (TPSA) is 9.23 Å². The highest BCUT2D eigenvalue weighted by Gasteiger charge is 2.59. The van der Waals surface area contributed by atoms with Gasteiger partial charge in [-0.05, 0) is 19.8 Å². The maximum atomic E-state index is 12.8. The molecule has 0 bridgehead atoms. The summed E-state index contributed by atoms with van der Waals surface area (Å²) in [6.45, 7) is 7.66. The molecule has 0 radical (unpaired) electrons. The van der Waals surface area contributed by atoms with E-state index in [-0.39, 0.29) is 24.9 Å². The van der Waals surface area contributed by atoms with Crippen molar-refractivity contribution in [1.29, 1.82) is 0 Å². The van der Waals surface area contributed by atoms with Crippen molar-refractivity contribution in [3.63, 3.8) is 0 Å². The Hall–Kier alpha value is -0.180. The molecule has 1 aliphatic carbocycles. The fourth-order valence-electron chi connectivity index (χ4n) is 1.92. The second-order valence-electron chi connectivity index (χ2n) is 4.60. The molecule has 78 valence electrons. The quantitative estimate of drug-likeness (QED) is 0.667. The predicted molar refractivity (Wildman–Crippen MR) is 48.0 cm³/mol. The fraction of sp³-hybridized carbons (Fsp3) is 1.00. The maximum Gasteiger partial charge on any atom is 0.253 e. The van der Waals surface area contributed by atoms with E-state index in [2.05, 4.69) is 0 Å². The van der Waals surface area contributed by atoms with E-state index in [4.69, 9.17) is 4.74 Å². The SMILES string of the molecule is CC(C)OC1(C(C)C)CC(F)(F)C1. The molecule has 1 rings (SSSR count). The number of rotatable bonds is 3. The molecule has 0 aromatic heterocycles. The third-order valence-corrected chi connectivity index (χ3v) is 2.64. The molecule has 1 aliphatic rings. The van der Waals surface area contributed by atoms with Gasteiger partial charge >= 0.3 is 0 Å². The summed E-state index contributed by atoms with van der Waals surface area (Å²) in [5.74, 6) is -2.34. The predicted octanol–water partition coefficient (Wildman–Crippen LogP) is 3.24. The van der Waals surface area contributed by atoms with Gasteiger partial charge in [-0.2, -0.15) is 0 Å². The van der Waals surface area contributed by atoms with Crippen LogP contribution in [0.1, 0.15) is 40.5 Å². The summed E-state index contributed by atoms with van der Waals surface area (Å²) in [6, 6.07) is 0.